The van der Waals surface area contributed by atoms with E-state index in [1.807, 2.05) is 18.2 Å². The van der Waals surface area contributed by atoms with Crippen molar-refractivity contribution >= 4 is 11.7 Å². The van der Waals surface area contributed by atoms with Crippen LogP contribution in [0.15, 0.2) is 18.2 Å². The van der Waals surface area contributed by atoms with Crippen molar-refractivity contribution in [1.29, 1.82) is 0 Å². The van der Waals surface area contributed by atoms with Gasteiger partial charge in [0.05, 0.1) is 12.7 Å². The maximum absolute atomic E-state index is 11.4. The fraction of sp³-hybridized carbons (Fsp3) is 0.462. The van der Waals surface area contributed by atoms with E-state index in [0.29, 0.717) is 11.6 Å². The lowest BCUT2D eigenvalue weighted by molar-refractivity contribution is 0.0601. The molecule has 86 valence electrons. The summed E-state index contributed by atoms with van der Waals surface area (Å²) in [4.78, 5) is 13.8. The summed E-state index contributed by atoms with van der Waals surface area (Å²) in [5, 5.41) is 0. The quantitative estimate of drug-likeness (QED) is 0.714. The number of carbonyl (C=O) groups excluding carboxylic acids is 1. The van der Waals surface area contributed by atoms with E-state index in [2.05, 4.69) is 18.7 Å². The molecule has 0 N–H and O–H groups in total. The molecule has 1 aliphatic heterocycles. The zero-order valence-corrected chi connectivity index (χ0v) is 9.99. The van der Waals surface area contributed by atoms with Gasteiger partial charge in [-0.05, 0) is 38.0 Å². The summed E-state index contributed by atoms with van der Waals surface area (Å²) in [5.74, 6) is -0.265. The first-order valence-electron chi connectivity index (χ1n) is 5.61. The predicted octanol–water partition coefficient (Wildman–Crippen LogP) is 2.24. The minimum atomic E-state index is -0.265. The summed E-state index contributed by atoms with van der Waals surface area (Å²) in [7, 11) is 1.41. The zero-order chi connectivity index (χ0) is 11.7. The van der Waals surface area contributed by atoms with Gasteiger partial charge in [-0.15, -0.1) is 0 Å². The summed E-state index contributed by atoms with van der Waals surface area (Å²) in [6.07, 6.45) is 1.06. The molecule has 0 spiro atoms. The molecule has 0 saturated heterocycles. The monoisotopic (exact) mass is 219 g/mol. The van der Waals surface area contributed by atoms with E-state index in [1.165, 1.54) is 18.4 Å². The third kappa shape index (κ3) is 1.77. The van der Waals surface area contributed by atoms with Gasteiger partial charge in [0.1, 0.15) is 0 Å². The Bertz CT molecular complexity index is 412. The highest BCUT2D eigenvalue weighted by molar-refractivity contribution is 5.91. The van der Waals surface area contributed by atoms with Crippen LogP contribution in [0.25, 0.3) is 0 Å². The molecule has 0 bridgehead atoms. The van der Waals surface area contributed by atoms with Gasteiger partial charge in [0.25, 0.3) is 0 Å². The number of nitrogens with zero attached hydrogens (tertiary/aromatic N) is 1. The molecule has 2 rings (SSSR count). The van der Waals surface area contributed by atoms with Crippen LogP contribution in [0.4, 0.5) is 5.69 Å². The summed E-state index contributed by atoms with van der Waals surface area (Å²) >= 11 is 0. The molecule has 0 radical (unpaired) electrons. The first-order valence-corrected chi connectivity index (χ1v) is 5.61. The van der Waals surface area contributed by atoms with Gasteiger partial charge in [0.2, 0.25) is 0 Å². The first-order chi connectivity index (χ1) is 7.63. The maximum Gasteiger partial charge on any atom is 0.337 e. The summed E-state index contributed by atoms with van der Waals surface area (Å²) in [6, 6.07) is 6.28. The molecular weight excluding hydrogens is 202 g/mol. The minimum Gasteiger partial charge on any atom is -0.465 e. The van der Waals surface area contributed by atoms with Crippen molar-refractivity contribution in [2.45, 2.75) is 26.3 Å². The fourth-order valence-electron chi connectivity index (χ4n) is 2.19. The third-order valence-corrected chi connectivity index (χ3v) is 3.06. The molecule has 0 aliphatic carbocycles. The molecule has 0 amide bonds. The Morgan fingerprint density at radius 3 is 2.81 bits per heavy atom. The lowest BCUT2D eigenvalue weighted by atomic mass is 10.1. The highest BCUT2D eigenvalue weighted by Gasteiger charge is 2.22. The van der Waals surface area contributed by atoms with E-state index < -0.39 is 0 Å². The van der Waals surface area contributed by atoms with Crippen LogP contribution in [0.5, 0.6) is 0 Å². The number of benzene rings is 1. The Hall–Kier alpha value is -1.51. The van der Waals surface area contributed by atoms with Crippen molar-refractivity contribution in [3.8, 4) is 0 Å². The second-order valence-corrected chi connectivity index (χ2v) is 4.37. The minimum absolute atomic E-state index is 0.265. The van der Waals surface area contributed by atoms with Gasteiger partial charge in [-0.1, -0.05) is 6.07 Å². The van der Waals surface area contributed by atoms with Crippen LogP contribution in [0.1, 0.15) is 29.8 Å². The third-order valence-electron chi connectivity index (χ3n) is 3.06. The van der Waals surface area contributed by atoms with Crippen LogP contribution in [0, 0.1) is 0 Å². The van der Waals surface area contributed by atoms with Crippen LogP contribution < -0.4 is 4.90 Å². The number of esters is 1. The molecule has 0 saturated carbocycles. The van der Waals surface area contributed by atoms with Gasteiger partial charge in [-0.25, -0.2) is 4.79 Å². The number of rotatable bonds is 2. The van der Waals surface area contributed by atoms with Crippen molar-refractivity contribution in [3.05, 3.63) is 29.3 Å². The normalized spacial score (nSPS) is 14.1. The van der Waals surface area contributed by atoms with Crippen LogP contribution in [0.3, 0.4) is 0 Å². The number of hydrogen-bond donors (Lipinski definition) is 0. The second kappa shape index (κ2) is 4.16. The molecule has 1 aromatic carbocycles. The molecule has 0 fully saturated rings. The highest BCUT2D eigenvalue weighted by atomic mass is 16.5. The fourth-order valence-corrected chi connectivity index (χ4v) is 2.19. The first kappa shape index (κ1) is 11.0. The molecular formula is C13H17NO2. The van der Waals surface area contributed by atoms with E-state index in [4.69, 9.17) is 4.74 Å². The van der Waals surface area contributed by atoms with E-state index in [-0.39, 0.29) is 5.97 Å². The zero-order valence-electron chi connectivity index (χ0n) is 9.99. The van der Waals surface area contributed by atoms with Gasteiger partial charge in [-0.2, -0.15) is 0 Å². The van der Waals surface area contributed by atoms with Crippen molar-refractivity contribution in [3.63, 3.8) is 0 Å². The standard InChI is InChI=1S/C13H17NO2/c1-9(2)14-7-6-10-4-5-11(8-12(10)14)13(15)16-3/h4-5,8-9H,6-7H2,1-3H3. The van der Waals surface area contributed by atoms with Crippen LogP contribution >= 0.6 is 0 Å². The molecule has 3 heteroatoms. The summed E-state index contributed by atoms with van der Waals surface area (Å²) in [5.41, 5.74) is 3.13. The van der Waals surface area contributed by atoms with E-state index in [0.717, 1.165) is 13.0 Å². The molecule has 0 aromatic heterocycles. The Morgan fingerprint density at radius 1 is 1.44 bits per heavy atom. The average Bonchev–Trinajstić information content (AvgIpc) is 2.70. The number of ether oxygens (including phenoxy) is 1. The number of fused-ring (bicyclic) bond motifs is 1. The Kier molecular flexibility index (Phi) is 2.86. The topological polar surface area (TPSA) is 29.5 Å². The maximum atomic E-state index is 11.4. The lowest BCUT2D eigenvalue weighted by Gasteiger charge is -2.24. The second-order valence-electron chi connectivity index (χ2n) is 4.37. The Morgan fingerprint density at radius 2 is 2.19 bits per heavy atom. The molecule has 3 nitrogen and oxygen atoms in total. The van der Waals surface area contributed by atoms with Crippen molar-refractivity contribution in [2.75, 3.05) is 18.6 Å². The van der Waals surface area contributed by atoms with Gasteiger partial charge < -0.3 is 9.64 Å². The molecule has 1 heterocycles. The smallest absolute Gasteiger partial charge is 0.337 e. The average molecular weight is 219 g/mol. The molecule has 1 aliphatic rings. The van der Waals surface area contributed by atoms with Crippen LogP contribution in [-0.4, -0.2) is 25.7 Å². The number of methoxy groups -OCH3 is 1. The lowest BCUT2D eigenvalue weighted by Crippen LogP contribution is -2.28. The number of hydrogen-bond acceptors (Lipinski definition) is 3. The van der Waals surface area contributed by atoms with Gasteiger partial charge in [0.15, 0.2) is 0 Å². The molecule has 16 heavy (non-hydrogen) atoms. The van der Waals surface area contributed by atoms with Gasteiger partial charge in [-0.3, -0.25) is 0 Å². The molecule has 0 unspecified atom stereocenters. The summed E-state index contributed by atoms with van der Waals surface area (Å²) < 4.78 is 4.73. The van der Waals surface area contributed by atoms with E-state index in [1.54, 1.807) is 0 Å². The Balaban J connectivity index is 2.37. The van der Waals surface area contributed by atoms with Gasteiger partial charge in [0, 0.05) is 18.3 Å². The van der Waals surface area contributed by atoms with E-state index in [9.17, 15) is 4.79 Å². The largest absolute Gasteiger partial charge is 0.465 e. The van der Waals surface area contributed by atoms with Crippen molar-refractivity contribution in [1.82, 2.24) is 0 Å². The van der Waals surface area contributed by atoms with Crippen molar-refractivity contribution in [2.24, 2.45) is 0 Å². The van der Waals surface area contributed by atoms with Crippen molar-refractivity contribution < 1.29 is 9.53 Å². The SMILES string of the molecule is COC(=O)c1ccc2c(c1)N(C(C)C)CC2. The Labute approximate surface area is 96.0 Å². The van der Waals surface area contributed by atoms with Crippen LogP contribution in [0.2, 0.25) is 0 Å². The predicted molar refractivity (Wildman–Crippen MR) is 64.0 cm³/mol. The molecule has 0 atom stereocenters. The number of anilines is 1. The molecule has 1 aromatic rings. The summed E-state index contributed by atoms with van der Waals surface area (Å²) in [6.45, 7) is 5.37. The van der Waals surface area contributed by atoms with Gasteiger partial charge >= 0.3 is 5.97 Å². The van der Waals surface area contributed by atoms with E-state index >= 15 is 0 Å². The van der Waals surface area contributed by atoms with Crippen LogP contribution in [-0.2, 0) is 11.2 Å². The highest BCUT2D eigenvalue weighted by Crippen LogP contribution is 2.30. The number of carbonyl (C=O) groups is 1.